The molecule has 2 atom stereocenters. The highest BCUT2D eigenvalue weighted by molar-refractivity contribution is 5.28. The smallest absolute Gasteiger partial charge is 0.0437 e. The van der Waals surface area contributed by atoms with Gasteiger partial charge in [0.25, 0.3) is 0 Å². The largest absolute Gasteiger partial charge is 0.399 e. The minimum atomic E-state index is -0.369. The number of aliphatic hydroxyl groups excluding tert-OH is 1. The molecule has 0 bridgehead atoms. The summed E-state index contributed by atoms with van der Waals surface area (Å²) in [6.45, 7) is 2.09. The first-order chi connectivity index (χ1) is 5.56. The Bertz CT molecular complexity index is 219. The van der Waals surface area contributed by atoms with Crippen LogP contribution in [0.2, 0.25) is 0 Å². The van der Waals surface area contributed by atoms with E-state index >= 15 is 0 Å². The normalized spacial score (nSPS) is 34.9. The molecule has 0 fully saturated rings. The summed E-state index contributed by atoms with van der Waals surface area (Å²) < 4.78 is 0. The maximum Gasteiger partial charge on any atom is 0.0437 e. The Kier molecular flexibility index (Phi) is 2.55. The second-order valence-corrected chi connectivity index (χ2v) is 3.48. The van der Waals surface area contributed by atoms with Crippen molar-refractivity contribution in [1.29, 1.82) is 0 Å². The van der Waals surface area contributed by atoms with E-state index in [0.29, 0.717) is 6.42 Å². The van der Waals surface area contributed by atoms with Gasteiger partial charge in [0, 0.05) is 23.8 Å². The predicted molar refractivity (Wildman–Crippen MR) is 49.2 cm³/mol. The van der Waals surface area contributed by atoms with Crippen molar-refractivity contribution < 1.29 is 5.11 Å². The molecule has 0 aromatic carbocycles. The molecule has 0 aliphatic heterocycles. The maximum atomic E-state index is 8.79. The van der Waals surface area contributed by atoms with Crippen molar-refractivity contribution in [3.63, 3.8) is 0 Å². The summed E-state index contributed by atoms with van der Waals surface area (Å²) in [7, 11) is 0. The molecule has 1 rings (SSSR count). The van der Waals surface area contributed by atoms with E-state index in [2.05, 4.69) is 0 Å². The summed E-state index contributed by atoms with van der Waals surface area (Å²) in [6, 6.07) is 0. The summed E-state index contributed by atoms with van der Waals surface area (Å²) in [4.78, 5) is 0. The van der Waals surface area contributed by atoms with E-state index in [1.165, 1.54) is 0 Å². The predicted octanol–water partition coefficient (Wildman–Crippen LogP) is 0.115. The fourth-order valence-corrected chi connectivity index (χ4v) is 1.40. The quantitative estimate of drug-likeness (QED) is 0.548. The van der Waals surface area contributed by atoms with Crippen LogP contribution in [0, 0.1) is 5.92 Å². The highest BCUT2D eigenvalue weighted by Gasteiger charge is 2.27. The Balaban J connectivity index is 2.75. The van der Waals surface area contributed by atoms with E-state index in [0.717, 1.165) is 5.70 Å². The van der Waals surface area contributed by atoms with Crippen molar-refractivity contribution in [3.8, 4) is 0 Å². The molecule has 12 heavy (non-hydrogen) atoms. The van der Waals surface area contributed by atoms with Crippen LogP contribution in [0.15, 0.2) is 23.9 Å². The summed E-state index contributed by atoms with van der Waals surface area (Å²) in [5.41, 5.74) is 11.9. The monoisotopic (exact) mass is 168 g/mol. The first-order valence-electron chi connectivity index (χ1n) is 4.12. The van der Waals surface area contributed by atoms with Gasteiger partial charge in [-0.2, -0.15) is 0 Å². The highest BCUT2D eigenvalue weighted by atomic mass is 16.3. The average molecular weight is 168 g/mol. The van der Waals surface area contributed by atoms with Gasteiger partial charge in [0.1, 0.15) is 0 Å². The second-order valence-electron chi connectivity index (χ2n) is 3.48. The summed E-state index contributed by atoms with van der Waals surface area (Å²) in [5, 5.41) is 8.79. The second kappa shape index (κ2) is 3.29. The minimum Gasteiger partial charge on any atom is -0.399 e. The standard InChI is InChI=1S/C9H16N2O/c1-9(11)4-2-8(10)6-7(9)3-5-12/h2,4,6-7,12H,3,5,10-11H2,1H3. The van der Waals surface area contributed by atoms with E-state index in [1.54, 1.807) is 0 Å². The number of aliphatic hydroxyl groups is 1. The molecule has 0 aromatic rings. The van der Waals surface area contributed by atoms with Crippen LogP contribution in [0.25, 0.3) is 0 Å². The molecule has 0 aromatic heterocycles. The molecule has 0 saturated heterocycles. The van der Waals surface area contributed by atoms with Crippen LogP contribution < -0.4 is 11.5 Å². The lowest BCUT2D eigenvalue weighted by molar-refractivity contribution is 0.247. The lowest BCUT2D eigenvalue weighted by atomic mass is 9.80. The van der Waals surface area contributed by atoms with Crippen LogP contribution in [0.3, 0.4) is 0 Å². The van der Waals surface area contributed by atoms with E-state index < -0.39 is 0 Å². The Morgan fingerprint density at radius 1 is 1.67 bits per heavy atom. The lowest BCUT2D eigenvalue weighted by Gasteiger charge is -2.31. The van der Waals surface area contributed by atoms with Crippen LogP contribution in [0.1, 0.15) is 13.3 Å². The number of allylic oxidation sites excluding steroid dienone is 1. The van der Waals surface area contributed by atoms with Gasteiger partial charge in [-0.15, -0.1) is 0 Å². The fraction of sp³-hybridized carbons (Fsp3) is 0.556. The molecular weight excluding hydrogens is 152 g/mol. The molecule has 1 aliphatic rings. The van der Waals surface area contributed by atoms with Gasteiger partial charge in [0.2, 0.25) is 0 Å². The van der Waals surface area contributed by atoms with Crippen molar-refractivity contribution in [2.75, 3.05) is 6.61 Å². The molecule has 0 radical (unpaired) electrons. The third-order valence-electron chi connectivity index (χ3n) is 2.27. The molecule has 68 valence electrons. The van der Waals surface area contributed by atoms with E-state index in [9.17, 15) is 0 Å². The topological polar surface area (TPSA) is 72.3 Å². The van der Waals surface area contributed by atoms with Gasteiger partial charge in [-0.1, -0.05) is 12.2 Å². The van der Waals surface area contributed by atoms with E-state index in [1.807, 2.05) is 25.2 Å². The molecule has 0 saturated carbocycles. The Morgan fingerprint density at radius 3 is 2.92 bits per heavy atom. The van der Waals surface area contributed by atoms with E-state index in [-0.39, 0.29) is 18.1 Å². The molecule has 2 unspecified atom stereocenters. The first kappa shape index (κ1) is 9.29. The van der Waals surface area contributed by atoms with Gasteiger partial charge in [0.05, 0.1) is 0 Å². The van der Waals surface area contributed by atoms with E-state index in [4.69, 9.17) is 16.6 Å². The van der Waals surface area contributed by atoms with Crippen LogP contribution in [0.4, 0.5) is 0 Å². The third kappa shape index (κ3) is 1.87. The van der Waals surface area contributed by atoms with Gasteiger partial charge in [0.15, 0.2) is 0 Å². The molecular formula is C9H16N2O. The van der Waals surface area contributed by atoms with Gasteiger partial charge < -0.3 is 16.6 Å². The van der Waals surface area contributed by atoms with Crippen molar-refractivity contribution in [3.05, 3.63) is 23.9 Å². The van der Waals surface area contributed by atoms with Gasteiger partial charge in [-0.25, -0.2) is 0 Å². The number of hydrogen-bond acceptors (Lipinski definition) is 3. The zero-order valence-corrected chi connectivity index (χ0v) is 7.33. The van der Waals surface area contributed by atoms with Crippen molar-refractivity contribution in [2.45, 2.75) is 18.9 Å². The van der Waals surface area contributed by atoms with Crippen LogP contribution >= 0.6 is 0 Å². The van der Waals surface area contributed by atoms with Gasteiger partial charge in [-0.3, -0.25) is 0 Å². The third-order valence-corrected chi connectivity index (χ3v) is 2.27. The SMILES string of the molecule is CC1(N)C=CC(N)=CC1CCO. The maximum absolute atomic E-state index is 8.79. The molecule has 3 nitrogen and oxygen atoms in total. The average Bonchev–Trinajstić information content (AvgIpc) is 1.98. The van der Waals surface area contributed by atoms with Crippen molar-refractivity contribution in [2.24, 2.45) is 17.4 Å². The highest BCUT2D eigenvalue weighted by Crippen LogP contribution is 2.25. The van der Waals surface area contributed by atoms with Crippen molar-refractivity contribution >= 4 is 0 Å². The summed E-state index contributed by atoms with van der Waals surface area (Å²) in [6.07, 6.45) is 6.28. The van der Waals surface area contributed by atoms with Crippen LogP contribution in [-0.2, 0) is 0 Å². The molecule has 5 N–H and O–H groups in total. The Hall–Kier alpha value is -0.800. The van der Waals surface area contributed by atoms with Crippen molar-refractivity contribution in [1.82, 2.24) is 0 Å². The molecule has 3 heteroatoms. The Labute approximate surface area is 72.7 Å². The number of nitrogens with two attached hydrogens (primary N) is 2. The van der Waals surface area contributed by atoms with Gasteiger partial charge >= 0.3 is 0 Å². The zero-order chi connectivity index (χ0) is 9.19. The number of hydrogen-bond donors (Lipinski definition) is 3. The first-order valence-corrected chi connectivity index (χ1v) is 4.12. The number of rotatable bonds is 2. The summed E-state index contributed by atoms with van der Waals surface area (Å²) >= 11 is 0. The Morgan fingerprint density at radius 2 is 2.33 bits per heavy atom. The molecule has 0 amide bonds. The minimum absolute atomic E-state index is 0.146. The van der Waals surface area contributed by atoms with Crippen LogP contribution in [0.5, 0.6) is 0 Å². The fourth-order valence-electron chi connectivity index (χ4n) is 1.40. The zero-order valence-electron chi connectivity index (χ0n) is 7.33. The molecule has 1 aliphatic carbocycles. The lowest BCUT2D eigenvalue weighted by Crippen LogP contribution is -2.43. The summed E-state index contributed by atoms with van der Waals surface area (Å²) in [5.74, 6) is 0.146. The molecule has 0 heterocycles. The van der Waals surface area contributed by atoms with Gasteiger partial charge in [-0.05, 0) is 19.4 Å². The van der Waals surface area contributed by atoms with Crippen LogP contribution in [-0.4, -0.2) is 17.3 Å². The molecule has 0 spiro atoms.